The Kier molecular flexibility index (Phi) is 6.08. The largest absolute Gasteiger partial charge is 0.484 e. The molecule has 0 atom stereocenters. The van der Waals surface area contributed by atoms with Crippen LogP contribution < -0.4 is 10.1 Å². The van der Waals surface area contributed by atoms with Gasteiger partial charge in [-0.3, -0.25) is 14.9 Å². The van der Waals surface area contributed by atoms with E-state index in [-0.39, 0.29) is 33.8 Å². The molecule has 0 spiro atoms. The van der Waals surface area contributed by atoms with Gasteiger partial charge in [-0.05, 0) is 30.3 Å². The van der Waals surface area contributed by atoms with Crippen LogP contribution in [-0.4, -0.2) is 10.8 Å². The van der Waals surface area contributed by atoms with E-state index >= 15 is 0 Å². The Morgan fingerprint density at radius 1 is 1.11 bits per heavy atom. The summed E-state index contributed by atoms with van der Waals surface area (Å²) >= 11 is 17.9. The number of ether oxygens (including phenoxy) is 1. The molecule has 7 nitrogen and oxygen atoms in total. The van der Waals surface area contributed by atoms with Crippen LogP contribution in [0.2, 0.25) is 15.1 Å². The second-order valence-corrected chi connectivity index (χ2v) is 6.67. The summed E-state index contributed by atoms with van der Waals surface area (Å²) in [5.41, 5.74) is -0.104. The number of carbonyl (C=O) groups excluding carboxylic acids is 1. The van der Waals surface area contributed by atoms with Crippen LogP contribution in [-0.2, 0) is 6.61 Å². The van der Waals surface area contributed by atoms with Gasteiger partial charge in [-0.25, -0.2) is 0 Å². The molecular weight excluding hydrogens is 431 g/mol. The van der Waals surface area contributed by atoms with Crippen LogP contribution in [0.15, 0.2) is 52.9 Å². The number of non-ortho nitro benzene ring substituents is 1. The van der Waals surface area contributed by atoms with Gasteiger partial charge in [0.1, 0.15) is 23.1 Å². The smallest absolute Gasteiger partial charge is 0.291 e. The van der Waals surface area contributed by atoms with E-state index in [9.17, 15) is 14.9 Å². The third kappa shape index (κ3) is 4.56. The summed E-state index contributed by atoms with van der Waals surface area (Å²) in [6.07, 6.45) is 0. The number of hydrogen-bond acceptors (Lipinski definition) is 5. The van der Waals surface area contributed by atoms with Crippen molar-refractivity contribution in [3.8, 4) is 5.75 Å². The zero-order chi connectivity index (χ0) is 20.3. The molecule has 1 N–H and O–H groups in total. The summed E-state index contributed by atoms with van der Waals surface area (Å²) in [7, 11) is 0. The van der Waals surface area contributed by atoms with Crippen LogP contribution in [0.1, 0.15) is 16.3 Å². The van der Waals surface area contributed by atoms with E-state index in [0.717, 1.165) is 6.07 Å². The number of furan rings is 1. The van der Waals surface area contributed by atoms with Crippen molar-refractivity contribution in [3.05, 3.63) is 85.2 Å². The minimum absolute atomic E-state index is 0.0154. The van der Waals surface area contributed by atoms with E-state index in [1.165, 1.54) is 18.2 Å². The average Bonchev–Trinajstić information content (AvgIpc) is 3.13. The molecule has 28 heavy (non-hydrogen) atoms. The molecule has 1 heterocycles. The molecule has 144 valence electrons. The number of hydrogen-bond donors (Lipinski definition) is 1. The number of nitrogens with one attached hydrogen (secondary N) is 1. The van der Waals surface area contributed by atoms with Gasteiger partial charge in [0.15, 0.2) is 5.76 Å². The van der Waals surface area contributed by atoms with Gasteiger partial charge in [-0.2, -0.15) is 0 Å². The third-order valence-electron chi connectivity index (χ3n) is 3.58. The fourth-order valence-electron chi connectivity index (χ4n) is 2.23. The Morgan fingerprint density at radius 3 is 2.64 bits per heavy atom. The van der Waals surface area contributed by atoms with E-state index in [0.29, 0.717) is 16.5 Å². The first-order chi connectivity index (χ1) is 13.3. The predicted molar refractivity (Wildman–Crippen MR) is 106 cm³/mol. The monoisotopic (exact) mass is 440 g/mol. The van der Waals surface area contributed by atoms with Crippen molar-refractivity contribution in [2.45, 2.75) is 6.61 Å². The first-order valence-corrected chi connectivity index (χ1v) is 8.89. The minimum atomic E-state index is -0.616. The van der Waals surface area contributed by atoms with E-state index in [1.807, 2.05) is 0 Å². The summed E-state index contributed by atoms with van der Waals surface area (Å²) in [5.74, 6) is 0.110. The van der Waals surface area contributed by atoms with Gasteiger partial charge in [-0.1, -0.05) is 40.9 Å². The Bertz CT molecular complexity index is 1050. The maximum atomic E-state index is 12.3. The maximum Gasteiger partial charge on any atom is 0.291 e. The van der Waals surface area contributed by atoms with Crippen molar-refractivity contribution in [2.24, 2.45) is 0 Å². The van der Waals surface area contributed by atoms with Crippen molar-refractivity contribution in [2.75, 3.05) is 5.32 Å². The first-order valence-electron chi connectivity index (χ1n) is 7.76. The van der Waals surface area contributed by atoms with Crippen molar-refractivity contribution in [1.82, 2.24) is 0 Å². The van der Waals surface area contributed by atoms with Crippen molar-refractivity contribution >= 4 is 52.1 Å². The van der Waals surface area contributed by atoms with Crippen LogP contribution in [0, 0.1) is 10.1 Å². The SMILES string of the molecule is O=C(Nc1cc([N+](=O)[O-])ccc1Cl)c1ccc(COc2cccc(Cl)c2Cl)o1. The molecule has 3 aromatic rings. The Morgan fingerprint density at radius 2 is 1.89 bits per heavy atom. The van der Waals surface area contributed by atoms with Gasteiger partial charge >= 0.3 is 0 Å². The lowest BCUT2D eigenvalue weighted by molar-refractivity contribution is -0.384. The van der Waals surface area contributed by atoms with Gasteiger partial charge < -0.3 is 14.5 Å². The van der Waals surface area contributed by atoms with Gasteiger partial charge in [0, 0.05) is 12.1 Å². The molecule has 3 rings (SSSR count). The van der Waals surface area contributed by atoms with Crippen LogP contribution >= 0.6 is 34.8 Å². The molecule has 0 saturated heterocycles. The molecule has 0 radical (unpaired) electrons. The standard InChI is InChI=1S/C18H11Cl3N2O5/c19-12-6-4-10(23(25)26)8-14(12)22-18(24)16-7-5-11(28-16)9-27-15-3-1-2-13(20)17(15)21/h1-8H,9H2,(H,22,24). The summed E-state index contributed by atoms with van der Waals surface area (Å²) < 4.78 is 11.0. The highest BCUT2D eigenvalue weighted by Gasteiger charge is 2.16. The summed E-state index contributed by atoms with van der Waals surface area (Å²) in [5, 5.41) is 14.1. The van der Waals surface area contributed by atoms with Gasteiger partial charge in [-0.15, -0.1) is 0 Å². The molecule has 1 amide bonds. The Labute approximate surface area is 173 Å². The topological polar surface area (TPSA) is 94.6 Å². The highest BCUT2D eigenvalue weighted by molar-refractivity contribution is 6.42. The second-order valence-electron chi connectivity index (χ2n) is 5.48. The lowest BCUT2D eigenvalue weighted by Crippen LogP contribution is -2.11. The normalized spacial score (nSPS) is 10.5. The summed E-state index contributed by atoms with van der Waals surface area (Å²) in [6, 6.07) is 11.7. The Balaban J connectivity index is 1.68. The first kappa shape index (κ1) is 20.0. The molecular formula is C18H11Cl3N2O5. The Hall–Kier alpha value is -2.74. The fourth-order valence-corrected chi connectivity index (χ4v) is 2.74. The van der Waals surface area contributed by atoms with Crippen molar-refractivity contribution < 1.29 is 18.9 Å². The number of benzene rings is 2. The second kappa shape index (κ2) is 8.52. The molecule has 0 aliphatic heterocycles. The predicted octanol–water partition coefficient (Wildman–Crippen LogP) is 5.98. The number of carbonyl (C=O) groups is 1. The van der Waals surface area contributed by atoms with E-state index in [2.05, 4.69) is 5.32 Å². The molecule has 0 aliphatic carbocycles. The number of nitro groups is 1. The molecule has 0 aliphatic rings. The molecule has 2 aromatic carbocycles. The number of rotatable bonds is 6. The fraction of sp³-hybridized carbons (Fsp3) is 0.0556. The number of halogens is 3. The van der Waals surface area contributed by atoms with E-state index < -0.39 is 10.8 Å². The summed E-state index contributed by atoms with van der Waals surface area (Å²) in [6.45, 7) is 0.0188. The highest BCUT2D eigenvalue weighted by atomic mass is 35.5. The van der Waals surface area contributed by atoms with Crippen LogP contribution in [0.3, 0.4) is 0 Å². The highest BCUT2D eigenvalue weighted by Crippen LogP contribution is 2.32. The molecule has 0 fully saturated rings. The van der Waals surface area contributed by atoms with Gasteiger partial charge in [0.2, 0.25) is 0 Å². The number of nitrogens with zero attached hydrogens (tertiary/aromatic N) is 1. The van der Waals surface area contributed by atoms with Crippen molar-refractivity contribution in [1.29, 1.82) is 0 Å². The molecule has 0 saturated carbocycles. The molecule has 0 bridgehead atoms. The van der Waals surface area contributed by atoms with Crippen LogP contribution in [0.25, 0.3) is 0 Å². The minimum Gasteiger partial charge on any atom is -0.484 e. The quantitative estimate of drug-likeness (QED) is 0.375. The zero-order valence-electron chi connectivity index (χ0n) is 13.9. The number of anilines is 1. The van der Waals surface area contributed by atoms with Crippen molar-refractivity contribution in [3.63, 3.8) is 0 Å². The molecule has 0 unspecified atom stereocenters. The van der Waals surface area contributed by atoms with E-state index in [1.54, 1.807) is 24.3 Å². The number of amides is 1. The zero-order valence-corrected chi connectivity index (χ0v) is 16.2. The molecule has 1 aromatic heterocycles. The number of nitro benzene ring substituents is 1. The van der Waals surface area contributed by atoms with Crippen LogP contribution in [0.4, 0.5) is 11.4 Å². The average molecular weight is 442 g/mol. The lowest BCUT2D eigenvalue weighted by atomic mass is 10.2. The van der Waals surface area contributed by atoms with Gasteiger partial charge in [0.25, 0.3) is 11.6 Å². The third-order valence-corrected chi connectivity index (χ3v) is 4.71. The lowest BCUT2D eigenvalue weighted by Gasteiger charge is -2.07. The maximum absolute atomic E-state index is 12.3. The molecule has 10 heteroatoms. The van der Waals surface area contributed by atoms with E-state index in [4.69, 9.17) is 44.0 Å². The van der Waals surface area contributed by atoms with Gasteiger partial charge in [0.05, 0.1) is 20.7 Å². The summed E-state index contributed by atoms with van der Waals surface area (Å²) in [4.78, 5) is 22.6. The van der Waals surface area contributed by atoms with Crippen LogP contribution in [0.5, 0.6) is 5.75 Å².